The molecule has 1 fully saturated rings. The lowest BCUT2D eigenvalue weighted by Crippen LogP contribution is -2.39. The molecule has 0 atom stereocenters. The fraction of sp³-hybridized carbons (Fsp3) is 0.857. The van der Waals surface area contributed by atoms with E-state index < -0.39 is 10.0 Å². The Bertz CT molecular complexity index is 623. The van der Waals surface area contributed by atoms with E-state index in [1.54, 1.807) is 11.0 Å². The molecule has 1 amide bonds. The van der Waals surface area contributed by atoms with Gasteiger partial charge in [-0.25, -0.2) is 17.4 Å². The molecular weight excluding hydrogens is 332 g/mol. The molecule has 1 N–H and O–H groups in total. The van der Waals surface area contributed by atoms with E-state index in [9.17, 15) is 13.2 Å². The van der Waals surface area contributed by atoms with Gasteiger partial charge in [-0.2, -0.15) is 0 Å². The van der Waals surface area contributed by atoms with Gasteiger partial charge in [-0.1, -0.05) is 19.3 Å². The summed E-state index contributed by atoms with van der Waals surface area (Å²) in [5.41, 5.74) is -0.155. The first kappa shape index (κ1) is 18.8. The Hall–Kier alpha value is -1.55. The molecule has 1 aliphatic carbocycles. The Balaban J connectivity index is 1.90. The zero-order chi connectivity index (χ0) is 17.6. The van der Waals surface area contributed by atoms with E-state index in [0.29, 0.717) is 13.0 Å². The molecule has 0 spiro atoms. The molecule has 0 radical (unpaired) electrons. The highest BCUT2D eigenvalue weighted by Gasteiger charge is 2.35. The summed E-state index contributed by atoms with van der Waals surface area (Å²) in [5, 5.41) is 14.0. The fourth-order valence-corrected chi connectivity index (χ4v) is 3.92. The second-order valence-electron chi connectivity index (χ2n) is 6.69. The maximum absolute atomic E-state index is 12.3. The minimum atomic E-state index is -3.30. The topological polar surface area (TPSA) is 110 Å². The smallest absolute Gasteiger partial charge is 0.220 e. The summed E-state index contributed by atoms with van der Waals surface area (Å²) in [6, 6.07) is 0. The van der Waals surface area contributed by atoms with Gasteiger partial charge in [0.15, 0.2) is 0 Å². The van der Waals surface area contributed by atoms with Crippen LogP contribution in [-0.4, -0.2) is 65.2 Å². The van der Waals surface area contributed by atoms with Crippen LogP contribution in [-0.2, 0) is 21.4 Å². The maximum atomic E-state index is 12.3. The number of nitrogens with zero attached hydrogens (tertiary/aromatic N) is 5. The van der Waals surface area contributed by atoms with E-state index in [1.807, 2.05) is 0 Å². The third kappa shape index (κ3) is 5.23. The monoisotopic (exact) mass is 358 g/mol. The van der Waals surface area contributed by atoms with E-state index in [-0.39, 0.29) is 23.6 Å². The summed E-state index contributed by atoms with van der Waals surface area (Å²) in [5.74, 6) is -0.204. The molecule has 2 rings (SSSR count). The van der Waals surface area contributed by atoms with Crippen LogP contribution in [0.15, 0.2) is 6.33 Å². The number of carbonyl (C=O) groups is 1. The normalized spacial score (nSPS) is 17.8. The number of hydrogen-bond donors (Lipinski definition) is 1. The van der Waals surface area contributed by atoms with Crippen molar-refractivity contribution in [3.63, 3.8) is 0 Å². The van der Waals surface area contributed by atoms with Crippen LogP contribution < -0.4 is 5.32 Å². The standard InChI is InChI=1S/C14H26N6O3S/c1-19(2)24(22,23)9-8-15-13(21)10-14(6-4-3-5-7-14)11-20-12-16-17-18-20/h12H,3-11H2,1-2H3,(H,15,21). The van der Waals surface area contributed by atoms with Crippen LogP contribution in [0.3, 0.4) is 0 Å². The first-order valence-corrected chi connectivity index (χ1v) is 9.82. The summed E-state index contributed by atoms with van der Waals surface area (Å²) >= 11 is 0. The van der Waals surface area contributed by atoms with Gasteiger partial charge >= 0.3 is 0 Å². The third-order valence-electron chi connectivity index (χ3n) is 4.58. The molecule has 24 heavy (non-hydrogen) atoms. The average molecular weight is 358 g/mol. The van der Waals surface area contributed by atoms with Crippen molar-refractivity contribution in [3.05, 3.63) is 6.33 Å². The summed E-state index contributed by atoms with van der Waals surface area (Å²) < 4.78 is 26.3. The van der Waals surface area contributed by atoms with Crippen molar-refractivity contribution in [2.24, 2.45) is 5.41 Å². The molecule has 0 saturated heterocycles. The van der Waals surface area contributed by atoms with Crippen molar-refractivity contribution in [2.45, 2.75) is 45.1 Å². The van der Waals surface area contributed by atoms with Crippen molar-refractivity contribution in [3.8, 4) is 0 Å². The van der Waals surface area contributed by atoms with Crippen LogP contribution in [0.1, 0.15) is 38.5 Å². The lowest BCUT2D eigenvalue weighted by atomic mass is 9.71. The number of hydrogen-bond acceptors (Lipinski definition) is 6. The maximum Gasteiger partial charge on any atom is 0.220 e. The Kier molecular flexibility index (Phi) is 6.27. The Morgan fingerprint density at radius 1 is 1.29 bits per heavy atom. The van der Waals surface area contributed by atoms with Crippen LogP contribution in [0.5, 0.6) is 0 Å². The van der Waals surface area contributed by atoms with Gasteiger partial charge in [-0.15, -0.1) is 5.10 Å². The number of sulfonamides is 1. The van der Waals surface area contributed by atoms with Gasteiger partial charge in [-0.05, 0) is 28.7 Å². The Labute approximate surface area is 142 Å². The number of aromatic nitrogens is 4. The average Bonchev–Trinajstić information content (AvgIpc) is 3.00. The van der Waals surface area contributed by atoms with Gasteiger partial charge in [0.1, 0.15) is 6.33 Å². The molecule has 1 aromatic heterocycles. The molecule has 1 saturated carbocycles. The molecule has 10 heteroatoms. The summed E-state index contributed by atoms with van der Waals surface area (Å²) in [4.78, 5) is 12.3. The molecule has 0 bridgehead atoms. The first-order chi connectivity index (χ1) is 11.3. The highest BCUT2D eigenvalue weighted by molar-refractivity contribution is 7.89. The molecule has 1 aliphatic rings. The molecule has 136 valence electrons. The zero-order valence-corrected chi connectivity index (χ0v) is 15.1. The third-order valence-corrected chi connectivity index (χ3v) is 6.41. The SMILES string of the molecule is CN(C)S(=O)(=O)CCNC(=O)CC1(Cn2cnnn2)CCCCC1. The number of nitrogens with one attached hydrogen (secondary N) is 1. The quantitative estimate of drug-likeness (QED) is 0.701. The summed E-state index contributed by atoms with van der Waals surface area (Å²) in [6.07, 6.45) is 7.20. The summed E-state index contributed by atoms with van der Waals surface area (Å²) in [7, 11) is -0.322. The van der Waals surface area contributed by atoms with Gasteiger partial charge < -0.3 is 5.32 Å². The molecule has 0 unspecified atom stereocenters. The van der Waals surface area contributed by atoms with Crippen LogP contribution in [0.25, 0.3) is 0 Å². The van der Waals surface area contributed by atoms with E-state index in [1.165, 1.54) is 24.8 Å². The van der Waals surface area contributed by atoms with Crippen molar-refractivity contribution < 1.29 is 13.2 Å². The van der Waals surface area contributed by atoms with Gasteiger partial charge in [-0.3, -0.25) is 4.79 Å². The Morgan fingerprint density at radius 3 is 2.58 bits per heavy atom. The number of rotatable bonds is 8. The number of amides is 1. The van der Waals surface area contributed by atoms with Gasteiger partial charge in [0, 0.05) is 27.1 Å². The molecule has 9 nitrogen and oxygen atoms in total. The molecule has 1 heterocycles. The van der Waals surface area contributed by atoms with E-state index in [0.717, 1.165) is 25.7 Å². The minimum absolute atomic E-state index is 0.0915. The Morgan fingerprint density at radius 2 is 2.00 bits per heavy atom. The van der Waals surface area contributed by atoms with Gasteiger partial charge in [0.25, 0.3) is 0 Å². The van der Waals surface area contributed by atoms with Crippen molar-refractivity contribution in [2.75, 3.05) is 26.4 Å². The highest BCUT2D eigenvalue weighted by Crippen LogP contribution is 2.40. The predicted octanol–water partition coefficient (Wildman–Crippen LogP) is 0.0213. The number of tetrazole rings is 1. The number of carbonyl (C=O) groups excluding carboxylic acids is 1. The van der Waals surface area contributed by atoms with Crippen LogP contribution in [0, 0.1) is 5.41 Å². The molecule has 1 aromatic rings. The minimum Gasteiger partial charge on any atom is -0.355 e. The largest absolute Gasteiger partial charge is 0.355 e. The van der Waals surface area contributed by atoms with Crippen molar-refractivity contribution >= 4 is 15.9 Å². The second-order valence-corrected chi connectivity index (χ2v) is 9.00. The first-order valence-electron chi connectivity index (χ1n) is 8.21. The van der Waals surface area contributed by atoms with Crippen LogP contribution >= 0.6 is 0 Å². The zero-order valence-electron chi connectivity index (χ0n) is 14.3. The predicted molar refractivity (Wildman–Crippen MR) is 88.4 cm³/mol. The lowest BCUT2D eigenvalue weighted by Gasteiger charge is -2.36. The molecule has 0 aromatic carbocycles. The fourth-order valence-electron chi connectivity index (χ4n) is 3.19. The highest BCUT2D eigenvalue weighted by atomic mass is 32.2. The van der Waals surface area contributed by atoms with Gasteiger partial charge in [0.2, 0.25) is 15.9 Å². The van der Waals surface area contributed by atoms with Crippen molar-refractivity contribution in [1.29, 1.82) is 0 Å². The van der Waals surface area contributed by atoms with E-state index in [4.69, 9.17) is 0 Å². The van der Waals surface area contributed by atoms with Crippen LogP contribution in [0.4, 0.5) is 0 Å². The molecule has 0 aliphatic heterocycles. The van der Waals surface area contributed by atoms with Crippen LogP contribution in [0.2, 0.25) is 0 Å². The lowest BCUT2D eigenvalue weighted by molar-refractivity contribution is -0.124. The van der Waals surface area contributed by atoms with Crippen molar-refractivity contribution in [1.82, 2.24) is 29.8 Å². The second kappa shape index (κ2) is 8.02. The van der Waals surface area contributed by atoms with Gasteiger partial charge in [0.05, 0.1) is 12.3 Å². The van der Waals surface area contributed by atoms with E-state index in [2.05, 4.69) is 20.8 Å². The molecular formula is C14H26N6O3S. The van der Waals surface area contributed by atoms with E-state index >= 15 is 0 Å². The summed E-state index contributed by atoms with van der Waals surface area (Å²) in [6.45, 7) is 0.740.